The van der Waals surface area contributed by atoms with Gasteiger partial charge >= 0.3 is 0 Å². The number of aromatic nitrogens is 3. The summed E-state index contributed by atoms with van der Waals surface area (Å²) < 4.78 is 0. The lowest BCUT2D eigenvalue weighted by molar-refractivity contribution is -0.138. The molecule has 3 atom stereocenters. The number of rotatable bonds is 5. The van der Waals surface area contributed by atoms with E-state index < -0.39 is 11.5 Å². The second-order valence-electron chi connectivity index (χ2n) is 12.0. The van der Waals surface area contributed by atoms with Gasteiger partial charge in [0.05, 0.1) is 23.3 Å². The van der Waals surface area contributed by atoms with Crippen molar-refractivity contribution in [3.8, 4) is 17.3 Å². The molecule has 0 aliphatic carbocycles. The van der Waals surface area contributed by atoms with E-state index in [1.165, 1.54) is 6.20 Å². The Morgan fingerprint density at radius 1 is 1.00 bits per heavy atom. The fraction of sp³-hybridized carbons (Fsp3) is 0.312. The van der Waals surface area contributed by atoms with E-state index in [0.29, 0.717) is 42.2 Å². The molecule has 3 unspecified atom stereocenters. The van der Waals surface area contributed by atoms with Crippen LogP contribution in [0.2, 0.25) is 0 Å². The summed E-state index contributed by atoms with van der Waals surface area (Å²) in [4.78, 5) is 55.8. The highest BCUT2D eigenvalue weighted by Crippen LogP contribution is 2.34. The molecule has 42 heavy (non-hydrogen) atoms. The smallest absolute Gasteiger partial charge is 0.272 e. The van der Waals surface area contributed by atoms with Crippen LogP contribution in [0.5, 0.6) is 0 Å². The fourth-order valence-corrected chi connectivity index (χ4v) is 5.85. The van der Waals surface area contributed by atoms with Gasteiger partial charge in [0.15, 0.2) is 0 Å². The Hall–Kier alpha value is -5.04. The van der Waals surface area contributed by atoms with Gasteiger partial charge in [-0.05, 0) is 48.2 Å². The van der Waals surface area contributed by atoms with Crippen LogP contribution in [0.3, 0.4) is 0 Å². The molecular formula is C32H31N7O3. The number of nitrogens with zero attached hydrogens (tertiary/aromatic N) is 5. The highest BCUT2D eigenvalue weighted by Gasteiger charge is 2.50. The van der Waals surface area contributed by atoms with Crippen LogP contribution in [0.25, 0.3) is 22.2 Å². The first-order valence-electron chi connectivity index (χ1n) is 13.9. The highest BCUT2D eigenvalue weighted by atomic mass is 16.2. The molecule has 0 spiro atoms. The third-order valence-electron chi connectivity index (χ3n) is 8.12. The summed E-state index contributed by atoms with van der Waals surface area (Å²) in [6.45, 7) is 6.65. The minimum Gasteiger partial charge on any atom is -0.351 e. The van der Waals surface area contributed by atoms with Gasteiger partial charge < -0.3 is 20.1 Å². The van der Waals surface area contributed by atoms with Crippen LogP contribution in [0, 0.1) is 16.7 Å². The average molecular weight is 562 g/mol. The number of carbonyl (C=O) groups excluding carboxylic acids is 3. The number of carbonyl (C=O) groups is 3. The Kier molecular flexibility index (Phi) is 6.73. The van der Waals surface area contributed by atoms with E-state index >= 15 is 0 Å². The molecule has 6 rings (SSSR count). The largest absolute Gasteiger partial charge is 0.351 e. The van der Waals surface area contributed by atoms with Gasteiger partial charge in [-0.3, -0.25) is 24.4 Å². The van der Waals surface area contributed by atoms with E-state index in [4.69, 9.17) is 5.26 Å². The Bertz CT molecular complexity index is 1680. The zero-order chi connectivity index (χ0) is 29.6. The molecule has 3 aromatic heterocycles. The average Bonchev–Trinajstić information content (AvgIpc) is 3.73. The first-order valence-corrected chi connectivity index (χ1v) is 13.9. The number of benzene rings is 1. The number of hydrogen-bond acceptors (Lipinski definition) is 6. The van der Waals surface area contributed by atoms with Gasteiger partial charge in [0, 0.05) is 41.9 Å². The Labute approximate surface area is 243 Å². The number of pyridine rings is 2. The molecule has 2 bridgehead atoms. The number of para-hydroxylation sites is 1. The summed E-state index contributed by atoms with van der Waals surface area (Å²) in [7, 11) is 0. The van der Waals surface area contributed by atoms with Crippen molar-refractivity contribution in [2.24, 2.45) is 5.41 Å². The van der Waals surface area contributed by atoms with Crippen LogP contribution < -0.4 is 5.32 Å². The highest BCUT2D eigenvalue weighted by molar-refractivity contribution is 6.00. The minimum absolute atomic E-state index is 0.113. The van der Waals surface area contributed by atoms with E-state index in [1.54, 1.807) is 41.4 Å². The number of likely N-dealkylation sites (tertiary alicyclic amines) is 2. The first-order chi connectivity index (χ1) is 20.1. The van der Waals surface area contributed by atoms with Gasteiger partial charge in [-0.25, -0.2) is 0 Å². The summed E-state index contributed by atoms with van der Waals surface area (Å²) in [5.41, 5.74) is 2.96. The molecule has 10 nitrogen and oxygen atoms in total. The Balaban J connectivity index is 1.12. The molecule has 3 amide bonds. The summed E-state index contributed by atoms with van der Waals surface area (Å²) in [5.74, 6) is -0.635. The predicted octanol–water partition coefficient (Wildman–Crippen LogP) is 3.77. The lowest BCUT2D eigenvalue weighted by Gasteiger charge is -2.39. The Morgan fingerprint density at radius 2 is 1.76 bits per heavy atom. The topological polar surface area (TPSA) is 135 Å². The SMILES string of the molecule is CC(C)(C)C(NC(=O)c1cc2ccccc2[nH]1)C(=O)N1CC2CC1CN2C(=O)c1ccc(-c2ccc(C#N)cn2)cn1. The minimum atomic E-state index is -0.732. The molecule has 2 aliphatic rings. The van der Waals surface area contributed by atoms with Gasteiger partial charge in [-0.15, -0.1) is 0 Å². The number of nitrogens with one attached hydrogen (secondary N) is 2. The van der Waals surface area contributed by atoms with Crippen molar-refractivity contribution in [1.29, 1.82) is 5.26 Å². The van der Waals surface area contributed by atoms with E-state index in [0.717, 1.165) is 16.5 Å². The third kappa shape index (κ3) is 4.98. The molecule has 0 saturated carbocycles. The number of H-pyrrole nitrogens is 1. The number of nitriles is 1. The van der Waals surface area contributed by atoms with Crippen molar-refractivity contribution in [2.45, 2.75) is 45.3 Å². The second-order valence-corrected chi connectivity index (χ2v) is 12.0. The van der Waals surface area contributed by atoms with Crippen LogP contribution >= 0.6 is 0 Å². The maximum Gasteiger partial charge on any atom is 0.272 e. The maximum atomic E-state index is 13.8. The summed E-state index contributed by atoms with van der Waals surface area (Å²) in [6.07, 6.45) is 3.80. The van der Waals surface area contributed by atoms with Crippen molar-refractivity contribution < 1.29 is 14.4 Å². The lowest BCUT2D eigenvalue weighted by atomic mass is 9.85. The van der Waals surface area contributed by atoms with E-state index in [-0.39, 0.29) is 29.8 Å². The number of amides is 3. The van der Waals surface area contributed by atoms with Crippen LogP contribution in [-0.2, 0) is 4.79 Å². The van der Waals surface area contributed by atoms with Gasteiger partial charge in [0.1, 0.15) is 23.5 Å². The van der Waals surface area contributed by atoms with Crippen molar-refractivity contribution in [1.82, 2.24) is 30.1 Å². The normalized spacial score (nSPS) is 18.6. The van der Waals surface area contributed by atoms with Gasteiger partial charge in [0.2, 0.25) is 5.91 Å². The van der Waals surface area contributed by atoms with Crippen LogP contribution in [0.1, 0.15) is 53.7 Å². The van der Waals surface area contributed by atoms with Crippen LogP contribution in [0.4, 0.5) is 0 Å². The van der Waals surface area contributed by atoms with Crippen molar-refractivity contribution in [3.63, 3.8) is 0 Å². The number of fused-ring (bicyclic) bond motifs is 3. The van der Waals surface area contributed by atoms with Crippen LogP contribution in [-0.4, -0.2) is 73.7 Å². The van der Waals surface area contributed by atoms with Crippen molar-refractivity contribution in [3.05, 3.63) is 83.9 Å². The van der Waals surface area contributed by atoms with Gasteiger partial charge in [-0.2, -0.15) is 5.26 Å². The monoisotopic (exact) mass is 561 g/mol. The van der Waals surface area contributed by atoms with E-state index in [2.05, 4.69) is 20.3 Å². The predicted molar refractivity (Wildman–Crippen MR) is 156 cm³/mol. The molecule has 2 aliphatic heterocycles. The van der Waals surface area contributed by atoms with Crippen LogP contribution in [0.15, 0.2) is 67.0 Å². The summed E-state index contributed by atoms with van der Waals surface area (Å²) in [6, 6.07) is 17.4. The second kappa shape index (κ2) is 10.4. The van der Waals surface area contributed by atoms with E-state index in [1.807, 2.05) is 56.0 Å². The molecule has 2 N–H and O–H groups in total. The number of aromatic amines is 1. The zero-order valence-corrected chi connectivity index (χ0v) is 23.7. The van der Waals surface area contributed by atoms with Crippen molar-refractivity contribution in [2.75, 3.05) is 13.1 Å². The maximum absolute atomic E-state index is 13.8. The van der Waals surface area contributed by atoms with Gasteiger partial charge in [-0.1, -0.05) is 39.0 Å². The zero-order valence-electron chi connectivity index (χ0n) is 23.7. The summed E-state index contributed by atoms with van der Waals surface area (Å²) >= 11 is 0. The molecule has 5 heterocycles. The third-order valence-corrected chi connectivity index (χ3v) is 8.12. The molecular weight excluding hydrogens is 530 g/mol. The quantitative estimate of drug-likeness (QED) is 0.381. The molecule has 212 valence electrons. The van der Waals surface area contributed by atoms with Crippen molar-refractivity contribution >= 4 is 28.6 Å². The molecule has 4 aromatic rings. The number of piperazine rings is 1. The van der Waals surface area contributed by atoms with Gasteiger partial charge in [0.25, 0.3) is 11.8 Å². The summed E-state index contributed by atoms with van der Waals surface area (Å²) in [5, 5.41) is 12.9. The molecule has 0 radical (unpaired) electrons. The molecule has 10 heteroatoms. The lowest BCUT2D eigenvalue weighted by Crippen LogP contribution is -2.59. The first kappa shape index (κ1) is 27.1. The fourth-order valence-electron chi connectivity index (χ4n) is 5.85. The number of hydrogen-bond donors (Lipinski definition) is 2. The standard InChI is InChI=1S/C32H31N7O3/c1-32(2,3)28(37-29(40)27-12-20-6-4-5-7-25(20)36-27)31(42)39-18-22-13-23(39)17-38(22)30(41)26-11-9-21(16-35-26)24-10-8-19(14-33)15-34-24/h4-12,15-16,22-23,28,36H,13,17-18H2,1-3H3,(H,37,40). The molecule has 1 aromatic carbocycles. The molecule has 2 saturated heterocycles. The molecule has 2 fully saturated rings. The van der Waals surface area contributed by atoms with E-state index in [9.17, 15) is 14.4 Å². The Morgan fingerprint density at radius 3 is 2.38 bits per heavy atom.